The van der Waals surface area contributed by atoms with Gasteiger partial charge in [0, 0.05) is 7.05 Å². The highest BCUT2D eigenvalue weighted by Gasteiger charge is 2.48. The number of carbonyl (C=O) groups excluding carboxylic acids is 1. The smallest absolute Gasteiger partial charge is 0.330 e. The standard InChI is InChI=1S/C27H38NO4P/c1-4-6-19-31-33(30,32-20-7-5-2)21-13-12-18-27(26(29)28-3)24-16-10-8-14-22(24)23-15-9-11-17-25(23)27/h8-11,14-17H,4-7,12-13,18-21H2,1-3H3,(H,28,29). The number of carbonyl (C=O) groups is 1. The molecule has 0 atom stereocenters. The Balaban J connectivity index is 1.77. The van der Waals surface area contributed by atoms with Gasteiger partial charge in [-0.3, -0.25) is 9.36 Å². The Labute approximate surface area is 198 Å². The molecule has 1 aliphatic rings. The van der Waals surface area contributed by atoms with Crippen LogP contribution in [0.25, 0.3) is 11.1 Å². The van der Waals surface area contributed by atoms with E-state index in [2.05, 4.69) is 43.4 Å². The summed E-state index contributed by atoms with van der Waals surface area (Å²) in [5.74, 6) is 0.00137. The quantitative estimate of drug-likeness (QED) is 0.246. The average molecular weight is 472 g/mol. The summed E-state index contributed by atoms with van der Waals surface area (Å²) in [5, 5.41) is 2.91. The monoisotopic (exact) mass is 471 g/mol. The molecular weight excluding hydrogens is 433 g/mol. The summed E-state index contributed by atoms with van der Waals surface area (Å²) in [6, 6.07) is 16.4. The lowest BCUT2D eigenvalue weighted by Crippen LogP contribution is -2.42. The van der Waals surface area contributed by atoms with E-state index < -0.39 is 13.0 Å². The molecule has 0 spiro atoms. The molecule has 0 heterocycles. The first-order valence-electron chi connectivity index (χ1n) is 12.3. The first kappa shape index (κ1) is 25.7. The van der Waals surface area contributed by atoms with Crippen molar-refractivity contribution in [1.29, 1.82) is 0 Å². The van der Waals surface area contributed by atoms with Crippen LogP contribution >= 0.6 is 7.60 Å². The van der Waals surface area contributed by atoms with Crippen LogP contribution in [0.4, 0.5) is 0 Å². The van der Waals surface area contributed by atoms with E-state index in [9.17, 15) is 9.36 Å². The highest BCUT2D eigenvalue weighted by atomic mass is 31.2. The van der Waals surface area contributed by atoms with Gasteiger partial charge < -0.3 is 14.4 Å². The molecule has 0 aliphatic heterocycles. The SMILES string of the molecule is CCCCOP(=O)(CCCCC1(C(=O)NC)c2ccccc2-c2ccccc21)OCCCC. The summed E-state index contributed by atoms with van der Waals surface area (Å²) in [6.07, 6.45) is 6.17. The predicted molar refractivity (Wildman–Crippen MR) is 135 cm³/mol. The van der Waals surface area contributed by atoms with E-state index in [-0.39, 0.29) is 5.91 Å². The summed E-state index contributed by atoms with van der Waals surface area (Å²) in [6.45, 7) is 5.09. The van der Waals surface area contributed by atoms with Crippen LogP contribution in [0.15, 0.2) is 48.5 Å². The topological polar surface area (TPSA) is 64.6 Å². The third-order valence-corrected chi connectivity index (χ3v) is 8.50. The van der Waals surface area contributed by atoms with Crippen molar-refractivity contribution in [2.75, 3.05) is 26.4 Å². The van der Waals surface area contributed by atoms with E-state index in [0.717, 1.165) is 54.4 Å². The highest BCUT2D eigenvalue weighted by Crippen LogP contribution is 2.53. The fourth-order valence-corrected chi connectivity index (χ4v) is 6.48. The van der Waals surface area contributed by atoms with Crippen LogP contribution in [0.3, 0.4) is 0 Å². The van der Waals surface area contributed by atoms with Crippen molar-refractivity contribution in [3.63, 3.8) is 0 Å². The van der Waals surface area contributed by atoms with Gasteiger partial charge in [0.05, 0.1) is 19.4 Å². The maximum atomic E-state index is 13.4. The molecule has 33 heavy (non-hydrogen) atoms. The van der Waals surface area contributed by atoms with Gasteiger partial charge in [0.25, 0.3) is 0 Å². The minimum absolute atomic E-state index is 0.00137. The molecule has 3 rings (SSSR count). The molecule has 0 aromatic heterocycles. The molecule has 6 heteroatoms. The lowest BCUT2D eigenvalue weighted by atomic mass is 9.73. The first-order chi connectivity index (χ1) is 16.0. The average Bonchev–Trinajstić information content (AvgIpc) is 3.13. The second-order valence-electron chi connectivity index (χ2n) is 8.74. The maximum absolute atomic E-state index is 13.4. The molecular formula is C27H38NO4P. The van der Waals surface area contributed by atoms with Gasteiger partial charge in [0.1, 0.15) is 5.41 Å². The van der Waals surface area contributed by atoms with Crippen molar-refractivity contribution in [2.24, 2.45) is 0 Å². The molecule has 2 aromatic rings. The summed E-state index contributed by atoms with van der Waals surface area (Å²) >= 11 is 0. The van der Waals surface area contributed by atoms with Crippen LogP contribution in [-0.4, -0.2) is 32.3 Å². The number of hydrogen-bond donors (Lipinski definition) is 1. The number of rotatable bonds is 14. The number of fused-ring (bicyclic) bond motifs is 3. The fourth-order valence-electron chi connectivity index (χ4n) is 4.72. The minimum atomic E-state index is -3.13. The number of amides is 1. The third kappa shape index (κ3) is 5.59. The van der Waals surface area contributed by atoms with E-state index in [1.54, 1.807) is 7.05 Å². The van der Waals surface area contributed by atoms with Crippen LogP contribution in [0, 0.1) is 0 Å². The van der Waals surface area contributed by atoms with Gasteiger partial charge in [-0.05, 0) is 47.9 Å². The van der Waals surface area contributed by atoms with Crippen molar-refractivity contribution in [1.82, 2.24) is 5.32 Å². The molecule has 5 nitrogen and oxygen atoms in total. The van der Waals surface area contributed by atoms with Crippen molar-refractivity contribution in [2.45, 2.75) is 64.2 Å². The Kier molecular flexibility index (Phi) is 9.31. The van der Waals surface area contributed by atoms with Crippen molar-refractivity contribution in [3.8, 4) is 11.1 Å². The van der Waals surface area contributed by atoms with Crippen molar-refractivity contribution in [3.05, 3.63) is 59.7 Å². The van der Waals surface area contributed by atoms with Crippen molar-refractivity contribution < 1.29 is 18.4 Å². The van der Waals surface area contributed by atoms with E-state index in [1.807, 2.05) is 24.3 Å². The van der Waals surface area contributed by atoms with Gasteiger partial charge in [-0.15, -0.1) is 0 Å². The first-order valence-corrected chi connectivity index (χ1v) is 14.0. The molecule has 0 unspecified atom stereocenters. The van der Waals surface area contributed by atoms with E-state index in [0.29, 0.717) is 32.2 Å². The molecule has 1 amide bonds. The van der Waals surface area contributed by atoms with Crippen LogP contribution in [0.1, 0.15) is 69.9 Å². The highest BCUT2D eigenvalue weighted by molar-refractivity contribution is 7.53. The maximum Gasteiger partial charge on any atom is 0.330 e. The zero-order chi connectivity index (χ0) is 23.7. The summed E-state index contributed by atoms with van der Waals surface area (Å²) in [4.78, 5) is 13.4. The second kappa shape index (κ2) is 12.0. The summed E-state index contributed by atoms with van der Waals surface area (Å²) < 4.78 is 24.8. The Hall–Kier alpha value is -1.94. The number of nitrogens with one attached hydrogen (secondary N) is 1. The lowest BCUT2D eigenvalue weighted by molar-refractivity contribution is -0.125. The number of unbranched alkanes of at least 4 members (excludes halogenated alkanes) is 3. The van der Waals surface area contributed by atoms with Gasteiger partial charge in [0.15, 0.2) is 0 Å². The zero-order valence-electron chi connectivity index (χ0n) is 20.3. The van der Waals surface area contributed by atoms with Crippen LogP contribution < -0.4 is 5.32 Å². The molecule has 180 valence electrons. The molecule has 0 saturated heterocycles. The van der Waals surface area contributed by atoms with Crippen LogP contribution in [-0.2, 0) is 23.8 Å². The molecule has 0 fully saturated rings. The second-order valence-corrected chi connectivity index (χ2v) is 10.9. The van der Waals surface area contributed by atoms with Gasteiger partial charge in [-0.2, -0.15) is 0 Å². The van der Waals surface area contributed by atoms with E-state index in [4.69, 9.17) is 9.05 Å². The molecule has 1 N–H and O–H groups in total. The molecule has 0 bridgehead atoms. The Morgan fingerprint density at radius 3 is 1.85 bits per heavy atom. The zero-order valence-corrected chi connectivity index (χ0v) is 21.2. The number of likely N-dealkylation sites (N-methyl/N-ethyl adjacent to an activating group) is 1. The predicted octanol–water partition coefficient (Wildman–Crippen LogP) is 6.70. The molecule has 0 radical (unpaired) electrons. The van der Waals surface area contributed by atoms with Crippen LogP contribution in [0.2, 0.25) is 0 Å². The van der Waals surface area contributed by atoms with Gasteiger partial charge in [-0.1, -0.05) is 81.6 Å². The summed E-state index contributed by atoms with van der Waals surface area (Å²) in [7, 11) is -1.43. The molecule has 1 aliphatic carbocycles. The van der Waals surface area contributed by atoms with Crippen molar-refractivity contribution >= 4 is 13.5 Å². The lowest BCUT2D eigenvalue weighted by Gasteiger charge is -2.30. The van der Waals surface area contributed by atoms with Gasteiger partial charge in [-0.25, -0.2) is 0 Å². The Morgan fingerprint density at radius 1 is 0.848 bits per heavy atom. The summed E-state index contributed by atoms with van der Waals surface area (Å²) in [5.41, 5.74) is 3.60. The molecule has 2 aromatic carbocycles. The third-order valence-electron chi connectivity index (χ3n) is 6.48. The fraction of sp³-hybridized carbons (Fsp3) is 0.519. The van der Waals surface area contributed by atoms with E-state index >= 15 is 0 Å². The van der Waals surface area contributed by atoms with Gasteiger partial charge >= 0.3 is 7.60 Å². The van der Waals surface area contributed by atoms with E-state index in [1.165, 1.54) is 0 Å². The number of benzene rings is 2. The Morgan fingerprint density at radius 2 is 1.36 bits per heavy atom. The minimum Gasteiger partial charge on any atom is -0.358 e. The van der Waals surface area contributed by atoms with Crippen LogP contribution in [0.5, 0.6) is 0 Å². The number of hydrogen-bond acceptors (Lipinski definition) is 4. The molecule has 0 saturated carbocycles. The largest absolute Gasteiger partial charge is 0.358 e. The Bertz CT molecular complexity index is 915. The van der Waals surface area contributed by atoms with Gasteiger partial charge in [0.2, 0.25) is 5.91 Å². The normalized spacial score (nSPS) is 14.0.